The highest BCUT2D eigenvalue weighted by molar-refractivity contribution is 5.70. The Balaban J connectivity index is 3.20. The molecule has 0 amide bonds. The van der Waals surface area contributed by atoms with Crippen molar-refractivity contribution in [2.75, 3.05) is 21.2 Å². The van der Waals surface area contributed by atoms with Crippen LogP contribution >= 0.6 is 0 Å². The van der Waals surface area contributed by atoms with Crippen LogP contribution in [0.3, 0.4) is 0 Å². The van der Waals surface area contributed by atoms with Crippen molar-refractivity contribution in [1.29, 1.82) is 0 Å². The highest BCUT2D eigenvalue weighted by atomic mass is 16.5. The molecule has 0 radical (unpaired) electrons. The number of benzene rings is 1. The van der Waals surface area contributed by atoms with Crippen molar-refractivity contribution in [1.82, 2.24) is 4.90 Å². The van der Waals surface area contributed by atoms with Crippen molar-refractivity contribution in [3.8, 4) is 5.75 Å². The van der Waals surface area contributed by atoms with E-state index in [1.807, 2.05) is 51.4 Å². The van der Waals surface area contributed by atoms with Gasteiger partial charge in [-0.05, 0) is 25.1 Å². The molecule has 2 nitrogen and oxygen atoms in total. The third kappa shape index (κ3) is 2.89. The second-order valence-corrected chi connectivity index (χ2v) is 3.67. The lowest BCUT2D eigenvalue weighted by molar-refractivity contribution is 0.411. The first-order valence-corrected chi connectivity index (χ1v) is 5.34. The summed E-state index contributed by atoms with van der Waals surface area (Å²) in [6.45, 7) is 2.01. The maximum atomic E-state index is 5.36. The SMILES string of the molecule is C/C=C\C=C(\c1ccccc1OC)N(C)C. The molecule has 0 fully saturated rings. The number of ether oxygens (including phenoxy) is 1. The second kappa shape index (κ2) is 6.01. The van der Waals surface area contributed by atoms with Gasteiger partial charge in [0.15, 0.2) is 0 Å². The number of para-hydroxylation sites is 1. The van der Waals surface area contributed by atoms with Gasteiger partial charge in [0, 0.05) is 25.4 Å². The molecule has 2 heteroatoms. The van der Waals surface area contributed by atoms with Crippen LogP contribution in [0, 0.1) is 0 Å². The van der Waals surface area contributed by atoms with Crippen molar-refractivity contribution in [3.05, 3.63) is 48.1 Å². The number of hydrogen-bond donors (Lipinski definition) is 0. The van der Waals surface area contributed by atoms with Crippen LogP contribution in [0.1, 0.15) is 12.5 Å². The van der Waals surface area contributed by atoms with E-state index in [0.29, 0.717) is 0 Å². The van der Waals surface area contributed by atoms with Crippen LogP contribution in [0.5, 0.6) is 5.75 Å². The van der Waals surface area contributed by atoms with Gasteiger partial charge in [0.2, 0.25) is 0 Å². The van der Waals surface area contributed by atoms with Crippen LogP contribution in [0.4, 0.5) is 0 Å². The van der Waals surface area contributed by atoms with Gasteiger partial charge in [-0.3, -0.25) is 0 Å². The zero-order valence-corrected chi connectivity index (χ0v) is 10.4. The fraction of sp³-hybridized carbons (Fsp3) is 0.286. The number of allylic oxidation sites excluding steroid dienone is 3. The van der Waals surface area contributed by atoms with E-state index in [0.717, 1.165) is 17.0 Å². The molecule has 1 rings (SSSR count). The van der Waals surface area contributed by atoms with Gasteiger partial charge >= 0.3 is 0 Å². The van der Waals surface area contributed by atoms with E-state index < -0.39 is 0 Å². The predicted octanol–water partition coefficient (Wildman–Crippen LogP) is 3.17. The largest absolute Gasteiger partial charge is 0.496 e. The van der Waals surface area contributed by atoms with E-state index in [9.17, 15) is 0 Å². The summed E-state index contributed by atoms with van der Waals surface area (Å²) in [5.74, 6) is 0.895. The summed E-state index contributed by atoms with van der Waals surface area (Å²) >= 11 is 0. The molecule has 0 aliphatic carbocycles. The van der Waals surface area contributed by atoms with Crippen LogP contribution in [0.15, 0.2) is 42.5 Å². The summed E-state index contributed by atoms with van der Waals surface area (Å²) in [4.78, 5) is 2.08. The fourth-order valence-electron chi connectivity index (χ4n) is 1.52. The summed E-state index contributed by atoms with van der Waals surface area (Å²) in [6, 6.07) is 8.03. The number of rotatable bonds is 4. The summed E-state index contributed by atoms with van der Waals surface area (Å²) in [7, 11) is 5.76. The molecule has 16 heavy (non-hydrogen) atoms. The Morgan fingerprint density at radius 2 is 1.94 bits per heavy atom. The van der Waals surface area contributed by atoms with Crippen molar-refractivity contribution in [3.63, 3.8) is 0 Å². The highest BCUT2D eigenvalue weighted by Gasteiger charge is 2.08. The lowest BCUT2D eigenvalue weighted by Gasteiger charge is -2.19. The summed E-state index contributed by atoms with van der Waals surface area (Å²) in [5, 5.41) is 0. The van der Waals surface area contributed by atoms with E-state index >= 15 is 0 Å². The zero-order chi connectivity index (χ0) is 12.0. The molecule has 0 heterocycles. The van der Waals surface area contributed by atoms with E-state index in [4.69, 9.17) is 4.74 Å². The van der Waals surface area contributed by atoms with Gasteiger partial charge in [0.05, 0.1) is 7.11 Å². The van der Waals surface area contributed by atoms with Crippen molar-refractivity contribution < 1.29 is 4.74 Å². The number of nitrogens with zero attached hydrogens (tertiary/aromatic N) is 1. The maximum Gasteiger partial charge on any atom is 0.128 e. The Labute approximate surface area is 97.8 Å². The minimum Gasteiger partial charge on any atom is -0.496 e. The Morgan fingerprint density at radius 3 is 2.50 bits per heavy atom. The molecular weight excluding hydrogens is 198 g/mol. The predicted molar refractivity (Wildman–Crippen MR) is 69.5 cm³/mol. The summed E-state index contributed by atoms with van der Waals surface area (Å²) in [6.07, 6.45) is 6.12. The van der Waals surface area contributed by atoms with Crippen LogP contribution in [-0.2, 0) is 0 Å². The standard InChI is InChI=1S/C14H19NO/c1-5-6-10-13(15(2)3)12-9-7-8-11-14(12)16-4/h5-11H,1-4H3/b6-5-,13-10-. The number of methoxy groups -OCH3 is 1. The van der Waals surface area contributed by atoms with Gasteiger partial charge in [0.25, 0.3) is 0 Å². The maximum absolute atomic E-state index is 5.36. The molecule has 0 unspecified atom stereocenters. The molecule has 1 aromatic carbocycles. The molecule has 0 N–H and O–H groups in total. The van der Waals surface area contributed by atoms with Crippen molar-refractivity contribution in [2.45, 2.75) is 6.92 Å². The Kier molecular flexibility index (Phi) is 4.65. The van der Waals surface area contributed by atoms with E-state index in [1.165, 1.54) is 0 Å². The van der Waals surface area contributed by atoms with Crippen LogP contribution in [0.25, 0.3) is 5.70 Å². The third-order valence-electron chi connectivity index (χ3n) is 2.31. The van der Waals surface area contributed by atoms with Crippen LogP contribution < -0.4 is 4.74 Å². The molecule has 0 aromatic heterocycles. The molecular formula is C14H19NO. The first kappa shape index (κ1) is 12.4. The Morgan fingerprint density at radius 1 is 1.25 bits per heavy atom. The molecule has 0 aliphatic rings. The lowest BCUT2D eigenvalue weighted by Crippen LogP contribution is -2.10. The van der Waals surface area contributed by atoms with E-state index in [2.05, 4.69) is 17.0 Å². The molecule has 1 aromatic rings. The Hall–Kier alpha value is -1.70. The van der Waals surface area contributed by atoms with E-state index in [1.54, 1.807) is 7.11 Å². The van der Waals surface area contributed by atoms with Gasteiger partial charge in [-0.2, -0.15) is 0 Å². The van der Waals surface area contributed by atoms with Gasteiger partial charge < -0.3 is 9.64 Å². The minimum atomic E-state index is 0.895. The average molecular weight is 217 g/mol. The second-order valence-electron chi connectivity index (χ2n) is 3.67. The normalized spacial score (nSPS) is 11.9. The summed E-state index contributed by atoms with van der Waals surface area (Å²) in [5.41, 5.74) is 2.24. The van der Waals surface area contributed by atoms with Gasteiger partial charge in [-0.1, -0.05) is 24.3 Å². The molecule has 86 valence electrons. The topological polar surface area (TPSA) is 12.5 Å². The zero-order valence-electron chi connectivity index (χ0n) is 10.4. The van der Waals surface area contributed by atoms with Crippen molar-refractivity contribution in [2.24, 2.45) is 0 Å². The first-order chi connectivity index (χ1) is 7.70. The van der Waals surface area contributed by atoms with Gasteiger partial charge in [-0.25, -0.2) is 0 Å². The van der Waals surface area contributed by atoms with E-state index in [-0.39, 0.29) is 0 Å². The fourth-order valence-corrected chi connectivity index (χ4v) is 1.52. The van der Waals surface area contributed by atoms with Gasteiger partial charge in [0.1, 0.15) is 5.75 Å². The first-order valence-electron chi connectivity index (χ1n) is 5.34. The van der Waals surface area contributed by atoms with Crippen molar-refractivity contribution >= 4 is 5.70 Å². The summed E-state index contributed by atoms with van der Waals surface area (Å²) < 4.78 is 5.36. The van der Waals surface area contributed by atoms with Crippen LogP contribution in [-0.4, -0.2) is 26.1 Å². The number of hydrogen-bond acceptors (Lipinski definition) is 2. The molecule has 0 saturated carbocycles. The van der Waals surface area contributed by atoms with Gasteiger partial charge in [-0.15, -0.1) is 0 Å². The monoisotopic (exact) mass is 217 g/mol. The molecule has 0 atom stereocenters. The average Bonchev–Trinajstić information content (AvgIpc) is 2.29. The smallest absolute Gasteiger partial charge is 0.128 e. The molecule has 0 spiro atoms. The lowest BCUT2D eigenvalue weighted by atomic mass is 10.1. The molecule has 0 bridgehead atoms. The quantitative estimate of drug-likeness (QED) is 0.718. The minimum absolute atomic E-state index is 0.895. The highest BCUT2D eigenvalue weighted by Crippen LogP contribution is 2.26. The molecule has 0 aliphatic heterocycles. The molecule has 0 saturated heterocycles. The third-order valence-corrected chi connectivity index (χ3v) is 2.31. The Bertz CT molecular complexity index is 391. The van der Waals surface area contributed by atoms with Crippen LogP contribution in [0.2, 0.25) is 0 Å².